The summed E-state index contributed by atoms with van der Waals surface area (Å²) in [5.74, 6) is -0.0414. The van der Waals surface area contributed by atoms with Crippen molar-refractivity contribution in [2.24, 2.45) is 5.41 Å². The zero-order valence-corrected chi connectivity index (χ0v) is 15.7. The highest BCUT2D eigenvalue weighted by molar-refractivity contribution is 7.09. The lowest BCUT2D eigenvalue weighted by Gasteiger charge is -2.38. The maximum Gasteiger partial charge on any atom is 0.228 e. The smallest absolute Gasteiger partial charge is 0.228 e. The van der Waals surface area contributed by atoms with Crippen LogP contribution < -0.4 is 5.32 Å². The van der Waals surface area contributed by atoms with E-state index in [-0.39, 0.29) is 11.7 Å². The number of nitrogens with one attached hydrogen (secondary N) is 1. The molecule has 0 radical (unpaired) electrons. The summed E-state index contributed by atoms with van der Waals surface area (Å²) in [7, 11) is 0. The summed E-state index contributed by atoms with van der Waals surface area (Å²) in [4.78, 5) is 19.2. The average molecular weight is 373 g/mol. The molecule has 0 saturated carbocycles. The Balaban J connectivity index is 1.31. The van der Waals surface area contributed by atoms with Crippen molar-refractivity contribution in [2.75, 3.05) is 26.2 Å². The van der Waals surface area contributed by atoms with Crippen LogP contribution in [0.15, 0.2) is 29.6 Å². The van der Waals surface area contributed by atoms with E-state index in [1.54, 1.807) is 23.5 Å². The first-order valence-corrected chi connectivity index (χ1v) is 10.2. The van der Waals surface area contributed by atoms with Crippen LogP contribution in [0.3, 0.4) is 0 Å². The first-order chi connectivity index (χ1) is 12.6. The zero-order chi connectivity index (χ0) is 18.0. The van der Waals surface area contributed by atoms with E-state index in [2.05, 4.69) is 10.3 Å². The predicted molar refractivity (Wildman–Crippen MR) is 101 cm³/mol. The van der Waals surface area contributed by atoms with Gasteiger partial charge in [-0.1, -0.05) is 12.1 Å². The van der Waals surface area contributed by atoms with Gasteiger partial charge in [-0.2, -0.15) is 0 Å². The standard InChI is InChI=1S/C20H24FN3OS/c21-16-3-1-15(2-4-16)11-18-23-17(13-26-18)12-19(25)24-9-6-20(7-10-24)5-8-22-14-20/h1-4,13,22H,5-12,14H2. The molecule has 2 saturated heterocycles. The lowest BCUT2D eigenvalue weighted by atomic mass is 9.78. The number of thiazole rings is 1. The molecule has 6 heteroatoms. The number of carbonyl (C=O) groups is 1. The largest absolute Gasteiger partial charge is 0.342 e. The van der Waals surface area contributed by atoms with Gasteiger partial charge in [0.1, 0.15) is 5.82 Å². The molecule has 0 atom stereocenters. The van der Waals surface area contributed by atoms with E-state index in [9.17, 15) is 9.18 Å². The third-order valence-electron chi connectivity index (χ3n) is 5.71. The van der Waals surface area contributed by atoms with E-state index in [1.165, 1.54) is 18.6 Å². The van der Waals surface area contributed by atoms with Crippen LogP contribution in [0.25, 0.3) is 0 Å². The maximum absolute atomic E-state index is 13.0. The minimum atomic E-state index is -0.226. The number of rotatable bonds is 4. The minimum Gasteiger partial charge on any atom is -0.342 e. The van der Waals surface area contributed by atoms with E-state index in [4.69, 9.17) is 0 Å². The Morgan fingerprint density at radius 1 is 1.23 bits per heavy atom. The first kappa shape index (κ1) is 17.6. The van der Waals surface area contributed by atoms with E-state index < -0.39 is 0 Å². The number of benzene rings is 1. The van der Waals surface area contributed by atoms with Gasteiger partial charge in [0, 0.05) is 31.4 Å². The summed E-state index contributed by atoms with van der Waals surface area (Å²) in [6, 6.07) is 6.50. The molecule has 2 aliphatic heterocycles. The van der Waals surface area contributed by atoms with E-state index in [0.29, 0.717) is 18.3 Å². The fourth-order valence-electron chi connectivity index (χ4n) is 4.01. The molecule has 1 spiro atoms. The molecule has 2 aromatic rings. The van der Waals surface area contributed by atoms with Crippen molar-refractivity contribution < 1.29 is 9.18 Å². The highest BCUT2D eigenvalue weighted by atomic mass is 32.1. The van der Waals surface area contributed by atoms with Crippen molar-refractivity contribution in [3.8, 4) is 0 Å². The maximum atomic E-state index is 13.0. The van der Waals surface area contributed by atoms with Gasteiger partial charge in [-0.3, -0.25) is 4.79 Å². The molecule has 2 fully saturated rings. The van der Waals surface area contributed by atoms with Crippen molar-refractivity contribution in [1.29, 1.82) is 0 Å². The van der Waals surface area contributed by atoms with Gasteiger partial charge in [-0.15, -0.1) is 11.3 Å². The molecule has 4 nitrogen and oxygen atoms in total. The molecule has 0 aliphatic carbocycles. The highest BCUT2D eigenvalue weighted by Crippen LogP contribution is 2.37. The molecule has 1 N–H and O–H groups in total. The number of amides is 1. The molecule has 138 valence electrons. The minimum absolute atomic E-state index is 0.185. The number of aromatic nitrogens is 1. The SMILES string of the molecule is O=C(Cc1csc(Cc2ccc(F)cc2)n1)N1CCC2(CCNC2)CC1. The van der Waals surface area contributed by atoms with Gasteiger partial charge < -0.3 is 10.2 Å². The molecule has 26 heavy (non-hydrogen) atoms. The number of piperidine rings is 1. The summed E-state index contributed by atoms with van der Waals surface area (Å²) in [6.07, 6.45) is 4.52. The molecular formula is C20H24FN3OS. The summed E-state index contributed by atoms with van der Waals surface area (Å²) in [6.45, 7) is 3.96. The van der Waals surface area contributed by atoms with Gasteiger partial charge in [-0.05, 0) is 48.9 Å². The molecular weight excluding hydrogens is 349 g/mol. The highest BCUT2D eigenvalue weighted by Gasteiger charge is 2.37. The van der Waals surface area contributed by atoms with Crippen molar-refractivity contribution in [3.63, 3.8) is 0 Å². The van der Waals surface area contributed by atoms with E-state index >= 15 is 0 Å². The van der Waals surface area contributed by atoms with Gasteiger partial charge in [0.05, 0.1) is 17.1 Å². The summed E-state index contributed by atoms with van der Waals surface area (Å²) in [5.41, 5.74) is 2.31. The van der Waals surface area contributed by atoms with Gasteiger partial charge in [-0.25, -0.2) is 9.37 Å². The number of hydrogen-bond acceptors (Lipinski definition) is 4. The molecule has 1 aromatic carbocycles. The number of carbonyl (C=O) groups excluding carboxylic acids is 1. The number of hydrogen-bond donors (Lipinski definition) is 1. The number of likely N-dealkylation sites (tertiary alicyclic amines) is 1. The fourth-order valence-corrected chi connectivity index (χ4v) is 4.84. The van der Waals surface area contributed by atoms with Crippen molar-refractivity contribution in [2.45, 2.75) is 32.1 Å². The van der Waals surface area contributed by atoms with Crippen LogP contribution >= 0.6 is 11.3 Å². The summed E-state index contributed by atoms with van der Waals surface area (Å²) < 4.78 is 13.0. The van der Waals surface area contributed by atoms with E-state index in [1.807, 2.05) is 10.3 Å². The Hall–Kier alpha value is -1.79. The molecule has 0 unspecified atom stereocenters. The Labute approximate surface area is 157 Å². The van der Waals surface area contributed by atoms with Crippen LogP contribution in [0.4, 0.5) is 4.39 Å². The van der Waals surface area contributed by atoms with Crippen LogP contribution in [0.5, 0.6) is 0 Å². The molecule has 1 aromatic heterocycles. The third-order valence-corrected chi connectivity index (χ3v) is 6.61. The normalized spacial score (nSPS) is 19.2. The monoisotopic (exact) mass is 373 g/mol. The second kappa shape index (κ2) is 7.45. The van der Waals surface area contributed by atoms with Gasteiger partial charge in [0.2, 0.25) is 5.91 Å². The fraction of sp³-hybridized carbons (Fsp3) is 0.500. The molecule has 2 aliphatic rings. The Morgan fingerprint density at radius 2 is 2.00 bits per heavy atom. The lowest BCUT2D eigenvalue weighted by molar-refractivity contribution is -0.132. The molecule has 3 heterocycles. The van der Waals surface area contributed by atoms with Gasteiger partial charge >= 0.3 is 0 Å². The summed E-state index contributed by atoms with van der Waals surface area (Å²) >= 11 is 1.57. The number of halogens is 1. The van der Waals surface area contributed by atoms with Crippen molar-refractivity contribution in [1.82, 2.24) is 15.2 Å². The Kier molecular flexibility index (Phi) is 5.05. The summed E-state index contributed by atoms with van der Waals surface area (Å²) in [5, 5.41) is 6.40. The Bertz CT molecular complexity index is 758. The van der Waals surface area contributed by atoms with Crippen LogP contribution in [0.1, 0.15) is 35.5 Å². The predicted octanol–water partition coefficient (Wildman–Crippen LogP) is 3.02. The molecule has 1 amide bonds. The first-order valence-electron chi connectivity index (χ1n) is 9.28. The van der Waals surface area contributed by atoms with E-state index in [0.717, 1.165) is 55.3 Å². The topological polar surface area (TPSA) is 45.2 Å². The second-order valence-electron chi connectivity index (χ2n) is 7.52. The zero-order valence-electron chi connectivity index (χ0n) is 14.8. The molecule has 0 bridgehead atoms. The van der Waals surface area contributed by atoms with Crippen LogP contribution in [-0.2, 0) is 17.6 Å². The number of nitrogens with zero attached hydrogens (tertiary/aromatic N) is 2. The van der Waals surface area contributed by atoms with Gasteiger partial charge in [0.25, 0.3) is 0 Å². The average Bonchev–Trinajstić information content (AvgIpc) is 3.28. The third kappa shape index (κ3) is 3.96. The lowest BCUT2D eigenvalue weighted by Crippen LogP contribution is -2.44. The van der Waals surface area contributed by atoms with Crippen LogP contribution in [-0.4, -0.2) is 42.0 Å². The second-order valence-corrected chi connectivity index (χ2v) is 8.46. The molecule has 4 rings (SSSR count). The van der Waals surface area contributed by atoms with Crippen molar-refractivity contribution in [3.05, 3.63) is 51.7 Å². The van der Waals surface area contributed by atoms with Crippen LogP contribution in [0, 0.1) is 11.2 Å². The Morgan fingerprint density at radius 3 is 2.69 bits per heavy atom. The van der Waals surface area contributed by atoms with Crippen LogP contribution in [0.2, 0.25) is 0 Å². The van der Waals surface area contributed by atoms with Gasteiger partial charge in [0.15, 0.2) is 0 Å². The van der Waals surface area contributed by atoms with Crippen molar-refractivity contribution >= 4 is 17.2 Å². The quantitative estimate of drug-likeness (QED) is 0.896.